The van der Waals surface area contributed by atoms with Crippen molar-refractivity contribution in [2.45, 2.75) is 44.9 Å². The number of hydrogen-bond donors (Lipinski definition) is 2. The Hall–Kier alpha value is -2.15. The van der Waals surface area contributed by atoms with Crippen molar-refractivity contribution < 1.29 is 8.42 Å². The zero-order chi connectivity index (χ0) is 17.6. The lowest BCUT2D eigenvalue weighted by atomic mass is 10.1. The lowest BCUT2D eigenvalue weighted by molar-refractivity contribution is 0.601. The molecule has 7 heteroatoms. The average molecular weight is 348 g/mol. The van der Waals surface area contributed by atoms with Gasteiger partial charge in [0, 0.05) is 6.54 Å². The van der Waals surface area contributed by atoms with Crippen LogP contribution in [-0.2, 0) is 10.0 Å². The fourth-order valence-electron chi connectivity index (χ4n) is 2.15. The summed E-state index contributed by atoms with van der Waals surface area (Å²) in [5, 5.41) is 11.1. The van der Waals surface area contributed by atoms with E-state index in [4.69, 9.17) is 0 Å². The molecule has 0 unspecified atom stereocenters. The van der Waals surface area contributed by atoms with Gasteiger partial charge in [-0.05, 0) is 55.7 Å². The smallest absolute Gasteiger partial charge is 0.263 e. The minimum atomic E-state index is -3.66. The first kappa shape index (κ1) is 18.2. The summed E-state index contributed by atoms with van der Waals surface area (Å²) in [6, 6.07) is 8.35. The molecule has 0 bridgehead atoms. The van der Waals surface area contributed by atoms with Gasteiger partial charge in [-0.15, -0.1) is 10.2 Å². The maximum absolute atomic E-state index is 12.4. The van der Waals surface area contributed by atoms with Crippen LogP contribution >= 0.6 is 0 Å². The van der Waals surface area contributed by atoms with E-state index in [1.54, 1.807) is 30.3 Å². The number of nitrogens with one attached hydrogen (secondary N) is 2. The molecule has 0 radical (unpaired) electrons. The van der Waals surface area contributed by atoms with Crippen LogP contribution in [0.25, 0.3) is 0 Å². The minimum Gasteiger partial charge on any atom is -0.369 e. The van der Waals surface area contributed by atoms with E-state index in [0.29, 0.717) is 5.82 Å². The van der Waals surface area contributed by atoms with Gasteiger partial charge in [-0.25, -0.2) is 8.42 Å². The van der Waals surface area contributed by atoms with Crippen LogP contribution < -0.4 is 10.0 Å². The average Bonchev–Trinajstić information content (AvgIpc) is 2.55. The highest BCUT2D eigenvalue weighted by atomic mass is 32.2. The highest BCUT2D eigenvalue weighted by molar-refractivity contribution is 7.92. The molecule has 1 heterocycles. The van der Waals surface area contributed by atoms with Gasteiger partial charge in [-0.3, -0.25) is 4.72 Å². The molecule has 1 aromatic heterocycles. The molecule has 0 atom stereocenters. The molecule has 2 aromatic rings. The molecule has 0 spiro atoms. The van der Waals surface area contributed by atoms with Gasteiger partial charge >= 0.3 is 0 Å². The SMILES string of the molecule is CCCCCNc1ccc(NS(=O)(=O)c2ccc(C)c(C)c2)nn1. The number of benzene rings is 1. The molecule has 130 valence electrons. The Morgan fingerprint density at radius 1 is 0.958 bits per heavy atom. The number of sulfonamides is 1. The Morgan fingerprint density at radius 3 is 2.29 bits per heavy atom. The summed E-state index contributed by atoms with van der Waals surface area (Å²) in [5.41, 5.74) is 1.97. The third-order valence-electron chi connectivity index (χ3n) is 3.78. The Bertz CT molecular complexity index is 774. The minimum absolute atomic E-state index is 0.201. The quantitative estimate of drug-likeness (QED) is 0.713. The molecule has 2 N–H and O–H groups in total. The van der Waals surface area contributed by atoms with Crippen molar-refractivity contribution in [3.05, 3.63) is 41.5 Å². The van der Waals surface area contributed by atoms with Gasteiger partial charge in [0.25, 0.3) is 10.0 Å². The molecule has 0 saturated heterocycles. The summed E-state index contributed by atoms with van der Waals surface area (Å²) in [6.45, 7) is 6.80. The second-order valence-corrected chi connectivity index (χ2v) is 7.47. The topological polar surface area (TPSA) is 84.0 Å². The van der Waals surface area contributed by atoms with Crippen molar-refractivity contribution in [1.29, 1.82) is 0 Å². The third kappa shape index (κ3) is 4.92. The van der Waals surface area contributed by atoms with Crippen molar-refractivity contribution in [1.82, 2.24) is 10.2 Å². The van der Waals surface area contributed by atoms with Crippen molar-refractivity contribution in [2.75, 3.05) is 16.6 Å². The highest BCUT2D eigenvalue weighted by Crippen LogP contribution is 2.18. The molecule has 0 aliphatic heterocycles. The normalized spacial score (nSPS) is 11.3. The van der Waals surface area contributed by atoms with Crippen molar-refractivity contribution >= 4 is 21.7 Å². The molecule has 0 fully saturated rings. The van der Waals surface area contributed by atoms with Crippen molar-refractivity contribution in [3.8, 4) is 0 Å². The number of hydrogen-bond acceptors (Lipinski definition) is 5. The Labute approximate surface area is 143 Å². The van der Waals surface area contributed by atoms with Crippen LogP contribution in [0.3, 0.4) is 0 Å². The van der Waals surface area contributed by atoms with Crippen LogP contribution in [-0.4, -0.2) is 25.2 Å². The molecule has 2 rings (SSSR count). The number of anilines is 2. The summed E-state index contributed by atoms with van der Waals surface area (Å²) in [6.07, 6.45) is 3.39. The standard InChI is InChI=1S/C17H24N4O2S/c1-4-5-6-11-18-16-9-10-17(20-19-16)21-24(22,23)15-8-7-13(2)14(3)12-15/h7-10,12H,4-6,11H2,1-3H3,(H,18,19)(H,20,21). The molecule has 0 aliphatic rings. The Balaban J connectivity index is 2.03. The molecule has 24 heavy (non-hydrogen) atoms. The molecule has 0 amide bonds. The van der Waals surface area contributed by atoms with Crippen molar-refractivity contribution in [2.24, 2.45) is 0 Å². The van der Waals surface area contributed by atoms with Gasteiger partial charge in [-0.2, -0.15) is 0 Å². The number of nitrogens with zero attached hydrogens (tertiary/aromatic N) is 2. The number of aryl methyl sites for hydroxylation is 2. The Morgan fingerprint density at radius 2 is 1.67 bits per heavy atom. The maximum atomic E-state index is 12.4. The largest absolute Gasteiger partial charge is 0.369 e. The summed E-state index contributed by atoms with van der Waals surface area (Å²) >= 11 is 0. The van der Waals surface area contributed by atoms with E-state index >= 15 is 0 Å². The third-order valence-corrected chi connectivity index (χ3v) is 5.13. The van der Waals surface area contributed by atoms with E-state index in [2.05, 4.69) is 27.2 Å². The summed E-state index contributed by atoms with van der Waals surface area (Å²) < 4.78 is 27.3. The first-order valence-electron chi connectivity index (χ1n) is 8.10. The zero-order valence-electron chi connectivity index (χ0n) is 14.3. The van der Waals surface area contributed by atoms with E-state index in [-0.39, 0.29) is 10.7 Å². The second kappa shape index (κ2) is 8.10. The maximum Gasteiger partial charge on any atom is 0.263 e. The number of unbranched alkanes of at least 4 members (excludes halogenated alkanes) is 2. The lowest BCUT2D eigenvalue weighted by Gasteiger charge is -2.09. The lowest BCUT2D eigenvalue weighted by Crippen LogP contribution is -2.15. The fourth-order valence-corrected chi connectivity index (χ4v) is 3.23. The predicted molar refractivity (Wildman–Crippen MR) is 96.8 cm³/mol. The zero-order valence-corrected chi connectivity index (χ0v) is 15.2. The monoisotopic (exact) mass is 348 g/mol. The van der Waals surface area contributed by atoms with Crippen LogP contribution in [0.2, 0.25) is 0 Å². The van der Waals surface area contributed by atoms with Crippen molar-refractivity contribution in [3.63, 3.8) is 0 Å². The van der Waals surface area contributed by atoms with Crippen LogP contribution in [0.5, 0.6) is 0 Å². The van der Waals surface area contributed by atoms with E-state index in [9.17, 15) is 8.42 Å². The van der Waals surface area contributed by atoms with Crippen LogP contribution in [0.4, 0.5) is 11.6 Å². The van der Waals surface area contributed by atoms with Gasteiger partial charge in [0.15, 0.2) is 5.82 Å². The van der Waals surface area contributed by atoms with Gasteiger partial charge in [0.2, 0.25) is 0 Å². The summed E-state index contributed by atoms with van der Waals surface area (Å²) in [4.78, 5) is 0.217. The van der Waals surface area contributed by atoms with E-state index in [1.807, 2.05) is 13.8 Å². The highest BCUT2D eigenvalue weighted by Gasteiger charge is 2.15. The molecule has 0 saturated carbocycles. The summed E-state index contributed by atoms with van der Waals surface area (Å²) in [5.74, 6) is 0.840. The van der Waals surface area contributed by atoms with Crippen LogP contribution in [0, 0.1) is 13.8 Å². The van der Waals surface area contributed by atoms with Crippen LogP contribution in [0.15, 0.2) is 35.2 Å². The number of aromatic nitrogens is 2. The van der Waals surface area contributed by atoms with Gasteiger partial charge in [-0.1, -0.05) is 25.8 Å². The van der Waals surface area contributed by atoms with E-state index in [1.165, 1.54) is 0 Å². The first-order valence-corrected chi connectivity index (χ1v) is 9.58. The predicted octanol–water partition coefficient (Wildman–Crippen LogP) is 3.50. The molecule has 6 nitrogen and oxygen atoms in total. The molecular formula is C17H24N4O2S. The molecule has 1 aromatic carbocycles. The van der Waals surface area contributed by atoms with Gasteiger partial charge in [0.1, 0.15) is 5.82 Å². The van der Waals surface area contributed by atoms with E-state index < -0.39 is 10.0 Å². The Kier molecular flexibility index (Phi) is 6.14. The fraction of sp³-hybridized carbons (Fsp3) is 0.412. The van der Waals surface area contributed by atoms with E-state index in [0.717, 1.165) is 36.9 Å². The molecule has 0 aliphatic carbocycles. The van der Waals surface area contributed by atoms with Gasteiger partial charge < -0.3 is 5.32 Å². The number of rotatable bonds is 8. The van der Waals surface area contributed by atoms with Crippen LogP contribution in [0.1, 0.15) is 37.3 Å². The first-order chi connectivity index (χ1) is 11.4. The molecular weight excluding hydrogens is 324 g/mol. The second-order valence-electron chi connectivity index (χ2n) is 5.79. The summed E-state index contributed by atoms with van der Waals surface area (Å²) in [7, 11) is -3.66. The van der Waals surface area contributed by atoms with Gasteiger partial charge in [0.05, 0.1) is 4.90 Å².